The molecule has 2 aliphatic carbocycles. The molecule has 0 bridgehead atoms. The Balaban J connectivity index is 2.10. The lowest BCUT2D eigenvalue weighted by atomic mass is 9.30. The van der Waals surface area contributed by atoms with Crippen LogP contribution in [0.4, 0.5) is 43.9 Å². The van der Waals surface area contributed by atoms with E-state index >= 15 is 17.6 Å². The molecule has 0 saturated heterocycles. The molecule has 0 amide bonds. The van der Waals surface area contributed by atoms with Crippen LogP contribution in [0.5, 0.6) is 0 Å². The highest BCUT2D eigenvalue weighted by atomic mass is 35.5. The number of rotatable bonds is 3. The van der Waals surface area contributed by atoms with Crippen molar-refractivity contribution in [3.63, 3.8) is 0 Å². The molecule has 0 aliphatic heterocycles. The van der Waals surface area contributed by atoms with Crippen molar-refractivity contribution in [2.75, 3.05) is 14.1 Å². The maximum atomic E-state index is 15.1. The average Bonchev–Trinajstić information content (AvgIpc) is 3.38. The van der Waals surface area contributed by atoms with Gasteiger partial charge < -0.3 is 11.5 Å². The molecule has 1 nitrogen and oxygen atoms in total. The van der Waals surface area contributed by atoms with E-state index in [1.54, 1.807) is 32.5 Å². The predicted molar refractivity (Wildman–Crippen MR) is 119 cm³/mol. The van der Waals surface area contributed by atoms with Gasteiger partial charge in [0.2, 0.25) is 0 Å². The molecule has 0 spiro atoms. The Kier molecular flexibility index (Phi) is 6.53. The highest BCUT2D eigenvalue weighted by Crippen LogP contribution is 2.55. The normalized spacial score (nSPS) is 19.2. The minimum Gasteiger partial charge on any atom is -0.377 e. The van der Waals surface area contributed by atoms with Gasteiger partial charge in [0, 0.05) is 12.0 Å². The van der Waals surface area contributed by atoms with Crippen LogP contribution in [-0.4, -0.2) is 29.9 Å². The van der Waals surface area contributed by atoms with Crippen LogP contribution in [-0.2, 0) is 0 Å². The van der Waals surface area contributed by atoms with Crippen LogP contribution in [0.15, 0.2) is 11.1 Å². The molecule has 200 valence electrons. The molecule has 0 saturated carbocycles. The molecule has 2 aromatic carbocycles. The summed E-state index contributed by atoms with van der Waals surface area (Å²) in [7, 11) is 3.39. The topological polar surface area (TPSA) is 3.01 Å². The van der Waals surface area contributed by atoms with Gasteiger partial charge in [-0.2, -0.15) is 0 Å². The first-order valence-corrected chi connectivity index (χ1v) is 11.6. The first-order valence-electron chi connectivity index (χ1n) is 11.1. The highest BCUT2D eigenvalue weighted by molar-refractivity contribution is 7.35. The largest absolute Gasteiger partial charge is 0.377 e. The summed E-state index contributed by atoms with van der Waals surface area (Å²) in [6.45, 7) is 3.61. The number of benzene rings is 2. The van der Waals surface area contributed by atoms with Crippen molar-refractivity contribution >= 4 is 33.7 Å². The molecule has 37 heavy (non-hydrogen) atoms. The van der Waals surface area contributed by atoms with Gasteiger partial charge in [-0.05, 0) is 11.8 Å². The first kappa shape index (κ1) is 27.5. The molecule has 0 unspecified atom stereocenters. The summed E-state index contributed by atoms with van der Waals surface area (Å²) in [5, 5.41) is 0. The fraction of sp³-hybridized carbons (Fsp3) is 0.375. The van der Waals surface area contributed by atoms with E-state index in [0.29, 0.717) is 17.6 Å². The molecular weight excluding hydrogens is 539 g/mol. The number of allylic oxidation sites excluding steroid dienone is 2. The number of hydrogen-bond acceptors (Lipinski definition) is 0. The molecule has 1 atom stereocenters. The quantitative estimate of drug-likeness (QED) is 0.144. The third-order valence-corrected chi connectivity index (χ3v) is 8.38. The summed E-state index contributed by atoms with van der Waals surface area (Å²) < 4.78 is 147. The fourth-order valence-corrected chi connectivity index (χ4v) is 6.36. The second-order valence-corrected chi connectivity index (χ2v) is 11.0. The van der Waals surface area contributed by atoms with Gasteiger partial charge in [0.25, 0.3) is 0 Å². The van der Waals surface area contributed by atoms with E-state index in [1.165, 1.54) is 0 Å². The smallest absolute Gasteiger partial charge is 0.200 e. The van der Waals surface area contributed by atoms with Crippen molar-refractivity contribution in [2.45, 2.75) is 38.9 Å². The summed E-state index contributed by atoms with van der Waals surface area (Å²) in [5.74, 6) is -26.6. The summed E-state index contributed by atoms with van der Waals surface area (Å²) in [6.07, 6.45) is -0.0122. The Morgan fingerprint density at radius 1 is 0.649 bits per heavy atom. The van der Waals surface area contributed by atoms with Crippen molar-refractivity contribution in [1.82, 2.24) is 0 Å². The van der Waals surface area contributed by atoms with Gasteiger partial charge in [0.15, 0.2) is 46.2 Å². The third kappa shape index (κ3) is 3.72. The average molecular weight is 558 g/mol. The second kappa shape index (κ2) is 8.78. The van der Waals surface area contributed by atoms with Crippen LogP contribution in [0.1, 0.15) is 33.1 Å². The van der Waals surface area contributed by atoms with Crippen molar-refractivity contribution in [3.05, 3.63) is 69.3 Å². The van der Waals surface area contributed by atoms with Gasteiger partial charge >= 0.3 is 0 Å². The maximum Gasteiger partial charge on any atom is 0.200 e. The van der Waals surface area contributed by atoms with Crippen molar-refractivity contribution in [2.24, 2.45) is 5.41 Å². The van der Waals surface area contributed by atoms with E-state index in [4.69, 9.17) is 11.5 Å². The Morgan fingerprint density at radius 2 is 1.00 bits per heavy atom. The molecule has 2 aromatic rings. The minimum atomic E-state index is -4.34. The van der Waals surface area contributed by atoms with E-state index in [-0.39, 0.29) is 12.8 Å². The number of nitrogens with zero attached hydrogens (tertiary/aromatic N) is 1. The Hall–Kier alpha value is -2.50. The molecule has 0 aromatic heterocycles. The van der Waals surface area contributed by atoms with Crippen molar-refractivity contribution < 1.29 is 48.5 Å². The lowest BCUT2D eigenvalue weighted by Crippen LogP contribution is -2.62. The zero-order valence-corrected chi connectivity index (χ0v) is 20.6. The van der Waals surface area contributed by atoms with Gasteiger partial charge in [0.1, 0.15) is 37.4 Å². The number of hydrogen-bond donors (Lipinski definition) is 0. The van der Waals surface area contributed by atoms with E-state index in [0.717, 1.165) is 5.71 Å². The summed E-state index contributed by atoms with van der Waals surface area (Å²) in [4.78, 5) is 0. The van der Waals surface area contributed by atoms with E-state index < -0.39 is 85.9 Å². The van der Waals surface area contributed by atoms with Gasteiger partial charge in [-0.1, -0.05) is 25.8 Å². The highest BCUT2D eigenvalue weighted by Gasteiger charge is 2.52. The number of halogens is 11. The van der Waals surface area contributed by atoms with E-state index in [9.17, 15) is 26.3 Å². The van der Waals surface area contributed by atoms with Crippen LogP contribution in [0, 0.1) is 63.6 Å². The van der Waals surface area contributed by atoms with Crippen LogP contribution >= 0.6 is 11.5 Å². The maximum absolute atomic E-state index is 15.1. The zero-order chi connectivity index (χ0) is 27.9. The molecule has 0 radical (unpaired) electrons. The molecule has 2 aliphatic rings. The molecule has 0 N–H and O–H groups in total. The molecule has 0 fully saturated rings. The van der Waals surface area contributed by atoms with Gasteiger partial charge in [0.05, 0.1) is 0 Å². The molecule has 13 heteroatoms. The molecule has 0 heterocycles. The van der Waals surface area contributed by atoms with Crippen LogP contribution in [0.3, 0.4) is 0 Å². The third-order valence-electron chi connectivity index (χ3n) is 7.59. The summed E-state index contributed by atoms with van der Waals surface area (Å²) >= 11 is 6.58. The Morgan fingerprint density at radius 3 is 1.35 bits per heavy atom. The first-order chi connectivity index (χ1) is 17.0. The van der Waals surface area contributed by atoms with Crippen molar-refractivity contribution in [3.8, 4) is 0 Å². The fourth-order valence-electron chi connectivity index (χ4n) is 5.80. The van der Waals surface area contributed by atoms with Gasteiger partial charge in [-0.3, -0.25) is 0 Å². The monoisotopic (exact) mass is 557 g/mol. The predicted octanol–water partition coefficient (Wildman–Crippen LogP) is 5.98. The van der Waals surface area contributed by atoms with Crippen LogP contribution in [0.2, 0.25) is 5.82 Å². The minimum absolute atomic E-state index is 0.248. The lowest BCUT2D eigenvalue weighted by molar-refractivity contribution is -0.465. The van der Waals surface area contributed by atoms with Crippen LogP contribution in [0.25, 0.3) is 0 Å². The van der Waals surface area contributed by atoms with Gasteiger partial charge in [-0.25, -0.2) is 48.5 Å². The second-order valence-electron chi connectivity index (χ2n) is 10.3. The summed E-state index contributed by atoms with van der Waals surface area (Å²) in [5.41, 5.74) is -6.65. The molecule has 4 rings (SSSR count). The Bertz CT molecular complexity index is 1300. The standard InChI is InChI=1S/C24H19BClF10N/c1-24(2)7-11(37(3)4)9-5-8(6-10(9)24)25(26,12-14(27)18(31)22(35)19(32)15(12)28)13-16(29)20(33)23(36)21(34)17(13)30/h8H,5-7H2,1-4H3/t8-/m0/s1. The van der Waals surface area contributed by atoms with E-state index in [2.05, 4.69) is 0 Å². The van der Waals surface area contributed by atoms with Crippen LogP contribution < -0.4 is 10.9 Å². The lowest BCUT2D eigenvalue weighted by Gasteiger charge is -2.43. The van der Waals surface area contributed by atoms with Crippen molar-refractivity contribution in [1.29, 1.82) is 0 Å². The zero-order valence-electron chi connectivity index (χ0n) is 19.9. The van der Waals surface area contributed by atoms with E-state index in [1.807, 2.05) is 0 Å². The molecular formula is C24H19BClF10N. The van der Waals surface area contributed by atoms with Gasteiger partial charge in [-0.15, -0.1) is 16.7 Å². The Labute approximate surface area is 210 Å². The SMILES string of the molecule is C[N+](C)=C1CC(C)(C)C2=C1C[C@H]([B-](Cl)(c1c(F)c(F)c(F)c(F)c1F)c1c(F)c(F)c(F)c(F)c1F)C2. The summed E-state index contributed by atoms with van der Waals surface area (Å²) in [6, 6.07) is 0.